The van der Waals surface area contributed by atoms with Crippen LogP contribution in [0.4, 0.5) is 0 Å². The van der Waals surface area contributed by atoms with Crippen LogP contribution in [-0.2, 0) is 10.0 Å². The van der Waals surface area contributed by atoms with Gasteiger partial charge in [0.25, 0.3) is 0 Å². The largest absolute Gasteiger partial charge is 0.215 e. The van der Waals surface area contributed by atoms with Gasteiger partial charge in [-0.15, -0.1) is 0 Å². The molecule has 0 amide bonds. The summed E-state index contributed by atoms with van der Waals surface area (Å²) in [7, 11) is -2.99. The highest BCUT2D eigenvalue weighted by atomic mass is 32.2. The van der Waals surface area contributed by atoms with Gasteiger partial charge in [-0.3, -0.25) is 0 Å². The third kappa shape index (κ3) is 7.49. The van der Waals surface area contributed by atoms with Gasteiger partial charge in [-0.2, -0.15) is 23.5 Å². The number of rotatable bonds is 6. The second-order valence-electron chi connectivity index (χ2n) is 3.70. The van der Waals surface area contributed by atoms with Crippen molar-refractivity contribution in [2.45, 2.75) is 24.5 Å². The Kier molecular flexibility index (Phi) is 6.42. The van der Waals surface area contributed by atoms with Crippen LogP contribution in [0.25, 0.3) is 0 Å². The fourth-order valence-electron chi connectivity index (χ4n) is 1.42. The number of hydrogen-bond donors (Lipinski definition) is 1. The summed E-state index contributed by atoms with van der Waals surface area (Å²) in [4.78, 5) is 0. The molecule has 0 aromatic carbocycles. The SMILES string of the molecule is CS(=O)(=O)NCCCSC1CCSCC1. The van der Waals surface area contributed by atoms with Gasteiger partial charge in [0.05, 0.1) is 6.26 Å². The normalized spacial score (nSPS) is 19.3. The van der Waals surface area contributed by atoms with E-state index in [1.165, 1.54) is 30.6 Å². The first-order chi connectivity index (χ1) is 7.08. The van der Waals surface area contributed by atoms with Crippen molar-refractivity contribution in [2.24, 2.45) is 0 Å². The summed E-state index contributed by atoms with van der Waals surface area (Å²) in [6, 6.07) is 0. The van der Waals surface area contributed by atoms with E-state index in [2.05, 4.69) is 4.72 Å². The van der Waals surface area contributed by atoms with Crippen molar-refractivity contribution in [3.8, 4) is 0 Å². The van der Waals surface area contributed by atoms with E-state index < -0.39 is 10.0 Å². The predicted octanol–water partition coefficient (Wildman–Crippen LogP) is 1.55. The van der Waals surface area contributed by atoms with Gasteiger partial charge in [0.15, 0.2) is 0 Å². The molecule has 0 unspecified atom stereocenters. The third-order valence-corrected chi connectivity index (χ3v) is 5.45. The molecular formula is C9H19NO2S3. The Morgan fingerprint density at radius 3 is 2.67 bits per heavy atom. The van der Waals surface area contributed by atoms with Gasteiger partial charge < -0.3 is 0 Å². The first-order valence-corrected chi connectivity index (χ1v) is 9.31. The van der Waals surface area contributed by atoms with Gasteiger partial charge in [0.2, 0.25) is 10.0 Å². The zero-order valence-electron chi connectivity index (χ0n) is 9.07. The molecule has 0 bridgehead atoms. The van der Waals surface area contributed by atoms with Crippen molar-refractivity contribution in [3.63, 3.8) is 0 Å². The fourth-order valence-corrected chi connectivity index (χ4v) is 4.56. The predicted molar refractivity (Wildman–Crippen MR) is 70.3 cm³/mol. The molecule has 15 heavy (non-hydrogen) atoms. The Bertz CT molecular complexity index is 261. The fraction of sp³-hybridized carbons (Fsp3) is 1.00. The lowest BCUT2D eigenvalue weighted by Gasteiger charge is -2.20. The number of sulfonamides is 1. The van der Waals surface area contributed by atoms with Crippen molar-refractivity contribution >= 4 is 33.5 Å². The third-order valence-electron chi connectivity index (χ3n) is 2.21. The quantitative estimate of drug-likeness (QED) is 0.743. The molecule has 1 rings (SSSR count). The zero-order chi connectivity index (χ0) is 11.1. The van der Waals surface area contributed by atoms with Crippen LogP contribution < -0.4 is 4.72 Å². The second-order valence-corrected chi connectivity index (χ2v) is 8.17. The maximum atomic E-state index is 10.8. The Hall–Kier alpha value is 0.610. The zero-order valence-corrected chi connectivity index (χ0v) is 11.5. The van der Waals surface area contributed by atoms with Crippen LogP contribution in [0, 0.1) is 0 Å². The topological polar surface area (TPSA) is 46.2 Å². The highest BCUT2D eigenvalue weighted by Gasteiger charge is 2.13. The average molecular weight is 269 g/mol. The summed E-state index contributed by atoms with van der Waals surface area (Å²) in [6.45, 7) is 0.577. The molecule has 0 aromatic rings. The second kappa shape index (κ2) is 7.04. The molecule has 1 aliphatic rings. The molecule has 1 aliphatic heterocycles. The number of thioether (sulfide) groups is 2. The van der Waals surface area contributed by atoms with Crippen molar-refractivity contribution in [2.75, 3.05) is 30.1 Å². The molecule has 0 aliphatic carbocycles. The van der Waals surface area contributed by atoms with Gasteiger partial charge >= 0.3 is 0 Å². The minimum atomic E-state index is -2.99. The van der Waals surface area contributed by atoms with E-state index in [9.17, 15) is 8.42 Å². The monoisotopic (exact) mass is 269 g/mol. The van der Waals surface area contributed by atoms with Gasteiger partial charge in [0, 0.05) is 11.8 Å². The lowest BCUT2D eigenvalue weighted by Crippen LogP contribution is -2.23. The molecule has 1 saturated heterocycles. The summed E-state index contributed by atoms with van der Waals surface area (Å²) in [6.07, 6.45) is 4.77. The minimum Gasteiger partial charge on any atom is -0.215 e. The van der Waals surface area contributed by atoms with Crippen molar-refractivity contribution < 1.29 is 8.42 Å². The Balaban J connectivity index is 1.96. The van der Waals surface area contributed by atoms with E-state index in [1.807, 2.05) is 23.5 Å². The molecule has 0 atom stereocenters. The van der Waals surface area contributed by atoms with E-state index in [1.54, 1.807) is 0 Å². The van der Waals surface area contributed by atoms with E-state index in [0.717, 1.165) is 17.4 Å². The molecule has 0 radical (unpaired) electrons. The summed E-state index contributed by atoms with van der Waals surface area (Å²) in [5.41, 5.74) is 0. The molecule has 3 nitrogen and oxygen atoms in total. The van der Waals surface area contributed by atoms with Crippen LogP contribution in [0.15, 0.2) is 0 Å². The average Bonchev–Trinajstić information content (AvgIpc) is 2.17. The van der Waals surface area contributed by atoms with Gasteiger partial charge in [-0.1, -0.05) is 0 Å². The van der Waals surface area contributed by atoms with Gasteiger partial charge in [-0.05, 0) is 36.5 Å². The van der Waals surface area contributed by atoms with Crippen LogP contribution in [0.3, 0.4) is 0 Å². The molecule has 0 spiro atoms. The maximum Gasteiger partial charge on any atom is 0.208 e. The van der Waals surface area contributed by atoms with Crippen molar-refractivity contribution in [1.82, 2.24) is 4.72 Å². The Labute approximate surface area is 101 Å². The van der Waals surface area contributed by atoms with Gasteiger partial charge in [0.1, 0.15) is 0 Å². The first-order valence-electron chi connectivity index (χ1n) is 5.22. The first kappa shape index (κ1) is 13.7. The Morgan fingerprint density at radius 2 is 2.07 bits per heavy atom. The maximum absolute atomic E-state index is 10.8. The number of nitrogens with one attached hydrogen (secondary N) is 1. The van der Waals surface area contributed by atoms with Crippen LogP contribution in [0.2, 0.25) is 0 Å². The molecule has 90 valence electrons. The molecule has 6 heteroatoms. The molecule has 1 N–H and O–H groups in total. The molecular weight excluding hydrogens is 250 g/mol. The van der Waals surface area contributed by atoms with Gasteiger partial charge in [-0.25, -0.2) is 13.1 Å². The lowest BCUT2D eigenvalue weighted by atomic mass is 10.2. The minimum absolute atomic E-state index is 0.577. The van der Waals surface area contributed by atoms with Crippen molar-refractivity contribution in [1.29, 1.82) is 0 Å². The molecule has 0 aromatic heterocycles. The summed E-state index contributed by atoms with van der Waals surface area (Å²) in [5, 5.41) is 0.810. The van der Waals surface area contributed by atoms with E-state index in [0.29, 0.717) is 6.54 Å². The highest BCUT2D eigenvalue weighted by molar-refractivity contribution is 8.01. The van der Waals surface area contributed by atoms with Crippen LogP contribution in [0.1, 0.15) is 19.3 Å². The van der Waals surface area contributed by atoms with E-state index >= 15 is 0 Å². The standard InChI is InChI=1S/C9H19NO2S3/c1-15(11,12)10-5-2-6-14-9-3-7-13-8-4-9/h9-10H,2-8H2,1H3. The molecule has 1 fully saturated rings. The smallest absolute Gasteiger partial charge is 0.208 e. The summed E-state index contributed by atoms with van der Waals surface area (Å²) < 4.78 is 24.1. The number of hydrogen-bond acceptors (Lipinski definition) is 4. The summed E-state index contributed by atoms with van der Waals surface area (Å²) >= 11 is 4.04. The summed E-state index contributed by atoms with van der Waals surface area (Å²) in [5.74, 6) is 3.65. The highest BCUT2D eigenvalue weighted by Crippen LogP contribution is 2.27. The molecule has 1 heterocycles. The van der Waals surface area contributed by atoms with E-state index in [4.69, 9.17) is 0 Å². The van der Waals surface area contributed by atoms with Crippen molar-refractivity contribution in [3.05, 3.63) is 0 Å². The van der Waals surface area contributed by atoms with E-state index in [-0.39, 0.29) is 0 Å². The van der Waals surface area contributed by atoms with Crippen LogP contribution in [0.5, 0.6) is 0 Å². The lowest BCUT2D eigenvalue weighted by molar-refractivity contribution is 0.587. The van der Waals surface area contributed by atoms with Crippen LogP contribution in [-0.4, -0.2) is 43.7 Å². The molecule has 0 saturated carbocycles. The Morgan fingerprint density at radius 1 is 1.40 bits per heavy atom. The van der Waals surface area contributed by atoms with Crippen LogP contribution >= 0.6 is 23.5 Å².